The van der Waals surface area contributed by atoms with E-state index in [-0.39, 0.29) is 29.6 Å². The quantitative estimate of drug-likeness (QED) is 0.631. The molecule has 1 aromatic carbocycles. The summed E-state index contributed by atoms with van der Waals surface area (Å²) in [5.74, 6) is 0.254. The molecule has 2 amide bonds. The Kier molecular flexibility index (Phi) is 2.98. The van der Waals surface area contributed by atoms with Gasteiger partial charge in [-0.2, -0.15) is 0 Å². The highest BCUT2D eigenvalue weighted by atomic mass is 79.9. The van der Waals surface area contributed by atoms with Crippen molar-refractivity contribution in [2.75, 3.05) is 11.9 Å². The molecule has 0 N–H and O–H groups in total. The molecular weight excluding hydrogens is 294 g/mol. The lowest BCUT2D eigenvalue weighted by atomic mass is 10.0. The van der Waals surface area contributed by atoms with Crippen LogP contribution in [0.1, 0.15) is 17.9 Å². The maximum absolute atomic E-state index is 11.9. The van der Waals surface area contributed by atoms with Gasteiger partial charge in [-0.25, -0.2) is 0 Å². The molecule has 3 unspecified atom stereocenters. The minimum atomic E-state index is 0.00393. The van der Waals surface area contributed by atoms with Gasteiger partial charge in [-0.3, -0.25) is 14.5 Å². The Bertz CT molecular complexity index is 468. The van der Waals surface area contributed by atoms with Crippen molar-refractivity contribution in [3.8, 4) is 0 Å². The van der Waals surface area contributed by atoms with Gasteiger partial charge in [0.1, 0.15) is 0 Å². The number of fused-ring (bicyclic) bond motifs is 1. The number of nitrogens with zero attached hydrogens (tertiary/aromatic N) is 1. The van der Waals surface area contributed by atoms with Gasteiger partial charge in [0.05, 0.1) is 11.8 Å². The summed E-state index contributed by atoms with van der Waals surface area (Å²) in [6, 6.07) is 10.0. The second-order valence-corrected chi connectivity index (χ2v) is 5.65. The van der Waals surface area contributed by atoms with Gasteiger partial charge >= 0.3 is 0 Å². The smallest absolute Gasteiger partial charge is 0.233 e. The van der Waals surface area contributed by atoms with Crippen molar-refractivity contribution < 1.29 is 9.59 Å². The van der Waals surface area contributed by atoms with E-state index in [4.69, 9.17) is 0 Å². The minimum Gasteiger partial charge on any atom is -0.281 e. The molecule has 4 heteroatoms. The Labute approximate surface area is 114 Å². The van der Waals surface area contributed by atoms with Crippen molar-refractivity contribution in [3.05, 3.63) is 35.9 Å². The van der Waals surface area contributed by atoms with Crippen LogP contribution in [0.3, 0.4) is 0 Å². The second-order valence-electron chi connectivity index (χ2n) is 5.00. The van der Waals surface area contributed by atoms with Crippen molar-refractivity contribution in [2.45, 2.75) is 12.3 Å². The van der Waals surface area contributed by atoms with Gasteiger partial charge < -0.3 is 0 Å². The monoisotopic (exact) mass is 307 g/mol. The van der Waals surface area contributed by atoms with Crippen LogP contribution in [0.5, 0.6) is 0 Å². The molecule has 94 valence electrons. The number of hydrogen-bond acceptors (Lipinski definition) is 2. The van der Waals surface area contributed by atoms with Crippen LogP contribution in [0.4, 0.5) is 0 Å². The average molecular weight is 308 g/mol. The van der Waals surface area contributed by atoms with E-state index in [0.29, 0.717) is 6.54 Å². The number of hydrogen-bond donors (Lipinski definition) is 0. The van der Waals surface area contributed by atoms with E-state index in [0.717, 1.165) is 17.3 Å². The molecule has 1 aliphatic heterocycles. The van der Waals surface area contributed by atoms with Crippen LogP contribution in [0.25, 0.3) is 0 Å². The SMILES string of the molecule is O=C1C2CC2C(=O)N1CC(CBr)c1ccccc1. The molecular formula is C14H14BrNO2. The van der Waals surface area contributed by atoms with Gasteiger partial charge in [-0.15, -0.1) is 0 Å². The molecule has 1 saturated carbocycles. The molecule has 0 aromatic heterocycles. The predicted octanol–water partition coefficient (Wildman–Crippen LogP) is 2.17. The van der Waals surface area contributed by atoms with Crippen LogP contribution in [0.15, 0.2) is 30.3 Å². The summed E-state index contributed by atoms with van der Waals surface area (Å²) in [6.45, 7) is 0.500. The van der Waals surface area contributed by atoms with Crippen molar-refractivity contribution >= 4 is 27.7 Å². The highest BCUT2D eigenvalue weighted by Gasteiger charge is 2.58. The molecule has 3 atom stereocenters. The Morgan fingerprint density at radius 2 is 1.78 bits per heavy atom. The minimum absolute atomic E-state index is 0.00393. The molecule has 1 aliphatic carbocycles. The van der Waals surface area contributed by atoms with E-state index in [2.05, 4.69) is 15.9 Å². The Balaban J connectivity index is 1.75. The van der Waals surface area contributed by atoms with Crippen LogP contribution in [0, 0.1) is 11.8 Å². The fraction of sp³-hybridized carbons (Fsp3) is 0.429. The number of halogens is 1. The fourth-order valence-electron chi connectivity index (χ4n) is 2.62. The zero-order chi connectivity index (χ0) is 12.7. The normalized spacial score (nSPS) is 27.3. The first-order valence-electron chi connectivity index (χ1n) is 6.18. The lowest BCUT2D eigenvalue weighted by molar-refractivity contribution is -0.141. The first-order chi connectivity index (χ1) is 8.72. The lowest BCUT2D eigenvalue weighted by Crippen LogP contribution is -2.36. The molecule has 1 heterocycles. The summed E-state index contributed by atoms with van der Waals surface area (Å²) in [4.78, 5) is 25.3. The molecule has 0 radical (unpaired) electrons. The van der Waals surface area contributed by atoms with E-state index < -0.39 is 0 Å². The third-order valence-corrected chi connectivity index (χ3v) is 4.60. The Hall–Kier alpha value is -1.16. The van der Waals surface area contributed by atoms with E-state index in [1.54, 1.807) is 0 Å². The predicted molar refractivity (Wildman–Crippen MR) is 71.3 cm³/mol. The third-order valence-electron chi connectivity index (χ3n) is 3.82. The molecule has 2 aliphatic rings. The van der Waals surface area contributed by atoms with Crippen LogP contribution in [-0.4, -0.2) is 28.6 Å². The standard InChI is InChI=1S/C14H14BrNO2/c15-7-10(9-4-2-1-3-5-9)8-16-13(17)11-6-12(11)14(16)18/h1-5,10-12H,6-8H2. The summed E-state index contributed by atoms with van der Waals surface area (Å²) in [7, 11) is 0. The Morgan fingerprint density at radius 3 is 2.33 bits per heavy atom. The molecule has 3 nitrogen and oxygen atoms in total. The van der Waals surface area contributed by atoms with Gasteiger partial charge in [0, 0.05) is 17.8 Å². The van der Waals surface area contributed by atoms with Crippen LogP contribution >= 0.6 is 15.9 Å². The molecule has 0 bridgehead atoms. The average Bonchev–Trinajstić information content (AvgIpc) is 3.16. The van der Waals surface area contributed by atoms with Gasteiger partial charge in [0.15, 0.2) is 0 Å². The van der Waals surface area contributed by atoms with Crippen LogP contribution < -0.4 is 0 Å². The Morgan fingerprint density at radius 1 is 1.17 bits per heavy atom. The van der Waals surface area contributed by atoms with Crippen LogP contribution in [-0.2, 0) is 9.59 Å². The van der Waals surface area contributed by atoms with Crippen molar-refractivity contribution in [2.24, 2.45) is 11.8 Å². The number of imide groups is 1. The number of amides is 2. The maximum atomic E-state index is 11.9. The number of benzene rings is 1. The van der Waals surface area contributed by atoms with E-state index in [1.807, 2.05) is 30.3 Å². The number of piperidine rings is 1. The highest BCUT2D eigenvalue weighted by molar-refractivity contribution is 9.09. The first kappa shape index (κ1) is 11.9. The van der Waals surface area contributed by atoms with Crippen LogP contribution in [0.2, 0.25) is 0 Å². The van der Waals surface area contributed by atoms with E-state index >= 15 is 0 Å². The molecule has 0 spiro atoms. The molecule has 3 rings (SSSR count). The second kappa shape index (κ2) is 4.50. The molecule has 18 heavy (non-hydrogen) atoms. The third kappa shape index (κ3) is 1.88. The number of alkyl halides is 1. The lowest BCUT2D eigenvalue weighted by Gasteiger charge is -2.22. The van der Waals surface area contributed by atoms with Crippen molar-refractivity contribution in [1.82, 2.24) is 4.90 Å². The molecule has 1 saturated heterocycles. The van der Waals surface area contributed by atoms with Gasteiger partial charge in [-0.1, -0.05) is 46.3 Å². The highest BCUT2D eigenvalue weighted by Crippen LogP contribution is 2.47. The maximum Gasteiger partial charge on any atom is 0.233 e. The van der Waals surface area contributed by atoms with E-state index in [9.17, 15) is 9.59 Å². The molecule has 1 aromatic rings. The summed E-state index contributed by atoms with van der Waals surface area (Å²) in [6.07, 6.45) is 0.776. The number of rotatable bonds is 4. The van der Waals surface area contributed by atoms with E-state index in [1.165, 1.54) is 4.90 Å². The number of likely N-dealkylation sites (tertiary alicyclic amines) is 1. The summed E-state index contributed by atoms with van der Waals surface area (Å²) < 4.78 is 0. The number of carbonyl (C=O) groups is 2. The number of carbonyl (C=O) groups excluding carboxylic acids is 2. The summed E-state index contributed by atoms with van der Waals surface area (Å²) >= 11 is 3.48. The summed E-state index contributed by atoms with van der Waals surface area (Å²) in [5, 5.41) is 0.753. The topological polar surface area (TPSA) is 37.4 Å². The largest absolute Gasteiger partial charge is 0.281 e. The van der Waals surface area contributed by atoms with Gasteiger partial charge in [0.2, 0.25) is 11.8 Å². The zero-order valence-corrected chi connectivity index (χ0v) is 11.5. The first-order valence-corrected chi connectivity index (χ1v) is 7.30. The fourth-order valence-corrected chi connectivity index (χ4v) is 3.20. The van der Waals surface area contributed by atoms with Gasteiger partial charge in [0.25, 0.3) is 0 Å². The van der Waals surface area contributed by atoms with Gasteiger partial charge in [-0.05, 0) is 12.0 Å². The zero-order valence-electron chi connectivity index (χ0n) is 9.88. The molecule has 2 fully saturated rings. The van der Waals surface area contributed by atoms with Crippen molar-refractivity contribution in [3.63, 3.8) is 0 Å². The summed E-state index contributed by atoms with van der Waals surface area (Å²) in [5.41, 5.74) is 1.16. The van der Waals surface area contributed by atoms with Crippen molar-refractivity contribution in [1.29, 1.82) is 0 Å².